The lowest BCUT2D eigenvalue weighted by Gasteiger charge is -2.18. The van der Waals surface area contributed by atoms with E-state index >= 15 is 0 Å². The van der Waals surface area contributed by atoms with Gasteiger partial charge in [0.15, 0.2) is 6.10 Å². The fourth-order valence-corrected chi connectivity index (χ4v) is 2.21. The predicted molar refractivity (Wildman–Crippen MR) is 94.2 cm³/mol. The van der Waals surface area contributed by atoms with Crippen LogP contribution in [0.15, 0.2) is 36.4 Å². The molecule has 0 bridgehead atoms. The van der Waals surface area contributed by atoms with Crippen molar-refractivity contribution < 1.29 is 19.0 Å². The Balaban J connectivity index is 2.10. The van der Waals surface area contributed by atoms with Crippen LogP contribution in [-0.2, 0) is 4.79 Å². The number of anilines is 1. The van der Waals surface area contributed by atoms with Crippen molar-refractivity contribution in [3.63, 3.8) is 0 Å². The number of carbonyl (C=O) groups is 1. The van der Waals surface area contributed by atoms with E-state index in [2.05, 4.69) is 5.32 Å². The third-order valence-electron chi connectivity index (χ3n) is 3.68. The molecule has 0 aliphatic heterocycles. The number of carbonyl (C=O) groups excluding carboxylic acids is 1. The highest BCUT2D eigenvalue weighted by Gasteiger charge is 2.18. The predicted octanol–water partition coefficient (Wildman–Crippen LogP) is 3.73. The summed E-state index contributed by atoms with van der Waals surface area (Å²) in [5, 5.41) is 2.82. The van der Waals surface area contributed by atoms with Gasteiger partial charge in [0.1, 0.15) is 17.2 Å². The molecule has 0 saturated carbocycles. The number of benzene rings is 2. The first-order valence-electron chi connectivity index (χ1n) is 7.71. The number of hydrogen-bond acceptors (Lipinski definition) is 4. The van der Waals surface area contributed by atoms with Gasteiger partial charge >= 0.3 is 0 Å². The first-order chi connectivity index (χ1) is 11.4. The normalized spacial score (nSPS) is 11.5. The Morgan fingerprint density at radius 2 is 1.75 bits per heavy atom. The summed E-state index contributed by atoms with van der Waals surface area (Å²) in [7, 11) is 3.12. The number of methoxy groups -OCH3 is 2. The summed E-state index contributed by atoms with van der Waals surface area (Å²) >= 11 is 0. The van der Waals surface area contributed by atoms with Gasteiger partial charge in [0.25, 0.3) is 5.91 Å². The molecule has 0 spiro atoms. The van der Waals surface area contributed by atoms with Crippen LogP contribution < -0.4 is 19.5 Å². The molecule has 2 aromatic carbocycles. The van der Waals surface area contributed by atoms with E-state index in [1.165, 1.54) is 0 Å². The molecule has 0 aliphatic carbocycles. The molecule has 2 rings (SSSR count). The molecule has 0 radical (unpaired) electrons. The highest BCUT2D eigenvalue weighted by molar-refractivity contribution is 5.95. The number of ether oxygens (including phenoxy) is 3. The van der Waals surface area contributed by atoms with Gasteiger partial charge in [-0.1, -0.05) is 12.1 Å². The van der Waals surface area contributed by atoms with Crippen molar-refractivity contribution in [2.24, 2.45) is 0 Å². The molecule has 5 heteroatoms. The zero-order valence-electron chi connectivity index (χ0n) is 14.7. The number of nitrogens with one attached hydrogen (secondary N) is 1. The van der Waals surface area contributed by atoms with Gasteiger partial charge in [-0.2, -0.15) is 0 Å². The average molecular weight is 329 g/mol. The largest absolute Gasteiger partial charge is 0.497 e. The zero-order valence-corrected chi connectivity index (χ0v) is 14.7. The summed E-state index contributed by atoms with van der Waals surface area (Å²) in [5.41, 5.74) is 2.64. The van der Waals surface area contributed by atoms with E-state index in [0.717, 1.165) is 11.1 Å². The fourth-order valence-electron chi connectivity index (χ4n) is 2.21. The van der Waals surface area contributed by atoms with Crippen LogP contribution in [0.2, 0.25) is 0 Å². The summed E-state index contributed by atoms with van der Waals surface area (Å²) < 4.78 is 16.2. The quantitative estimate of drug-likeness (QED) is 0.877. The summed E-state index contributed by atoms with van der Waals surface area (Å²) in [4.78, 5) is 12.4. The Labute approximate surface area is 142 Å². The van der Waals surface area contributed by atoms with E-state index in [1.54, 1.807) is 39.3 Å². The van der Waals surface area contributed by atoms with Gasteiger partial charge in [-0.15, -0.1) is 0 Å². The molecule has 0 fully saturated rings. The summed E-state index contributed by atoms with van der Waals surface area (Å²) in [5.74, 6) is 1.64. The molecular formula is C19H23NO4. The average Bonchev–Trinajstić information content (AvgIpc) is 2.58. The summed E-state index contributed by atoms with van der Waals surface area (Å²) in [6.07, 6.45) is -0.641. The molecule has 1 atom stereocenters. The maximum atomic E-state index is 12.4. The molecule has 24 heavy (non-hydrogen) atoms. The maximum Gasteiger partial charge on any atom is 0.265 e. The molecule has 0 aromatic heterocycles. The molecular weight excluding hydrogens is 306 g/mol. The van der Waals surface area contributed by atoms with Crippen molar-refractivity contribution >= 4 is 11.6 Å². The van der Waals surface area contributed by atoms with Gasteiger partial charge < -0.3 is 19.5 Å². The first-order valence-corrected chi connectivity index (χ1v) is 7.71. The minimum absolute atomic E-state index is 0.251. The maximum absolute atomic E-state index is 12.4. The smallest absolute Gasteiger partial charge is 0.265 e. The van der Waals surface area contributed by atoms with Crippen molar-refractivity contribution in [2.75, 3.05) is 19.5 Å². The van der Waals surface area contributed by atoms with Gasteiger partial charge in [-0.25, -0.2) is 0 Å². The molecule has 1 N–H and O–H groups in total. The molecule has 0 aliphatic rings. The Morgan fingerprint density at radius 3 is 2.42 bits per heavy atom. The van der Waals surface area contributed by atoms with Crippen LogP contribution in [0.4, 0.5) is 5.69 Å². The Morgan fingerprint density at radius 1 is 1.00 bits per heavy atom. The third kappa shape index (κ3) is 4.19. The standard InChI is InChI=1S/C19H23NO4/c1-12-6-7-13(2)17(10-12)24-14(3)19(21)20-16-9-8-15(22-4)11-18(16)23-5/h6-11,14H,1-5H3,(H,20,21)/t14-/m0/s1. The lowest BCUT2D eigenvalue weighted by Crippen LogP contribution is -2.30. The molecule has 0 heterocycles. The molecule has 5 nitrogen and oxygen atoms in total. The van der Waals surface area contributed by atoms with E-state index in [9.17, 15) is 4.79 Å². The molecule has 0 unspecified atom stereocenters. The second-order valence-electron chi connectivity index (χ2n) is 5.58. The van der Waals surface area contributed by atoms with E-state index in [1.807, 2.05) is 32.0 Å². The van der Waals surface area contributed by atoms with Crippen LogP contribution in [0.1, 0.15) is 18.1 Å². The summed E-state index contributed by atoms with van der Waals surface area (Å²) in [6.45, 7) is 5.65. The SMILES string of the molecule is COc1ccc(NC(=O)[C@H](C)Oc2cc(C)ccc2C)c(OC)c1. The molecule has 128 valence electrons. The van der Waals surface area contributed by atoms with Crippen molar-refractivity contribution in [2.45, 2.75) is 26.9 Å². The fraction of sp³-hybridized carbons (Fsp3) is 0.316. The summed E-state index contributed by atoms with van der Waals surface area (Å²) in [6, 6.07) is 11.1. The Bertz CT molecular complexity index is 727. The second-order valence-corrected chi connectivity index (χ2v) is 5.58. The van der Waals surface area contributed by atoms with Gasteiger partial charge in [0.05, 0.1) is 19.9 Å². The lowest BCUT2D eigenvalue weighted by molar-refractivity contribution is -0.122. The van der Waals surface area contributed by atoms with Crippen LogP contribution in [0.25, 0.3) is 0 Å². The van der Waals surface area contributed by atoms with E-state index in [0.29, 0.717) is 22.9 Å². The number of hydrogen-bond donors (Lipinski definition) is 1. The first kappa shape index (κ1) is 17.7. The van der Waals surface area contributed by atoms with Gasteiger partial charge in [-0.3, -0.25) is 4.79 Å². The minimum Gasteiger partial charge on any atom is -0.497 e. The molecule has 0 saturated heterocycles. The van der Waals surface area contributed by atoms with Crippen LogP contribution in [0, 0.1) is 13.8 Å². The van der Waals surface area contributed by atoms with Crippen molar-refractivity contribution in [1.82, 2.24) is 0 Å². The van der Waals surface area contributed by atoms with Crippen LogP contribution in [0.3, 0.4) is 0 Å². The van der Waals surface area contributed by atoms with Crippen molar-refractivity contribution in [3.8, 4) is 17.2 Å². The lowest BCUT2D eigenvalue weighted by atomic mass is 10.1. The van der Waals surface area contributed by atoms with Crippen LogP contribution in [-0.4, -0.2) is 26.2 Å². The monoisotopic (exact) mass is 329 g/mol. The van der Waals surface area contributed by atoms with Crippen molar-refractivity contribution in [3.05, 3.63) is 47.5 Å². The topological polar surface area (TPSA) is 56.8 Å². The highest BCUT2D eigenvalue weighted by atomic mass is 16.5. The van der Waals surface area contributed by atoms with Crippen LogP contribution >= 0.6 is 0 Å². The van der Waals surface area contributed by atoms with E-state index in [-0.39, 0.29) is 5.91 Å². The number of aryl methyl sites for hydroxylation is 2. The van der Waals surface area contributed by atoms with Crippen molar-refractivity contribution in [1.29, 1.82) is 0 Å². The molecule has 2 aromatic rings. The highest BCUT2D eigenvalue weighted by Crippen LogP contribution is 2.29. The number of rotatable bonds is 6. The van der Waals surface area contributed by atoms with E-state index < -0.39 is 6.10 Å². The van der Waals surface area contributed by atoms with Gasteiger partial charge in [0.2, 0.25) is 0 Å². The Kier molecular flexibility index (Phi) is 5.68. The molecule has 1 amide bonds. The number of amides is 1. The van der Waals surface area contributed by atoms with Gasteiger partial charge in [-0.05, 0) is 50.1 Å². The zero-order chi connectivity index (χ0) is 17.7. The second kappa shape index (κ2) is 7.73. The Hall–Kier alpha value is -2.69. The van der Waals surface area contributed by atoms with Crippen LogP contribution in [0.5, 0.6) is 17.2 Å². The minimum atomic E-state index is -0.641. The third-order valence-corrected chi connectivity index (χ3v) is 3.68. The van der Waals surface area contributed by atoms with Gasteiger partial charge in [0, 0.05) is 6.07 Å². The van der Waals surface area contributed by atoms with E-state index in [4.69, 9.17) is 14.2 Å².